The predicted molar refractivity (Wildman–Crippen MR) is 80.4 cm³/mol. The van der Waals surface area contributed by atoms with E-state index in [0.717, 1.165) is 5.56 Å². The summed E-state index contributed by atoms with van der Waals surface area (Å²) < 4.78 is 0. The molecule has 2 amide bonds. The summed E-state index contributed by atoms with van der Waals surface area (Å²) in [5.41, 5.74) is 1.32. The van der Waals surface area contributed by atoms with Crippen molar-refractivity contribution in [2.75, 3.05) is 5.32 Å². The Labute approximate surface area is 126 Å². The van der Waals surface area contributed by atoms with Crippen LogP contribution in [0, 0.1) is 0 Å². The molecule has 0 bridgehead atoms. The molecule has 3 N–H and O–H groups in total. The van der Waals surface area contributed by atoms with E-state index in [1.165, 1.54) is 0 Å². The first-order valence-electron chi connectivity index (χ1n) is 5.82. The lowest BCUT2D eigenvalue weighted by Crippen LogP contribution is -2.28. The Kier molecular flexibility index (Phi) is 4.71. The summed E-state index contributed by atoms with van der Waals surface area (Å²) in [4.78, 5) is 11.7. The standard InChI is InChI=1S/C14H12Cl2N2O2/c15-10-3-6-12(16)13(7-10)18-14(20)17-8-9-1-4-11(19)5-2-9/h1-7,19H,8H2,(H2,17,18,20). The highest BCUT2D eigenvalue weighted by Gasteiger charge is 2.06. The van der Waals surface area contributed by atoms with E-state index < -0.39 is 0 Å². The Bertz CT molecular complexity index is 615. The molecule has 0 aliphatic heterocycles. The zero-order valence-electron chi connectivity index (χ0n) is 10.4. The van der Waals surface area contributed by atoms with Crippen LogP contribution in [0.25, 0.3) is 0 Å². The van der Waals surface area contributed by atoms with E-state index in [9.17, 15) is 4.79 Å². The second kappa shape index (κ2) is 6.50. The topological polar surface area (TPSA) is 61.4 Å². The van der Waals surface area contributed by atoms with Gasteiger partial charge in [-0.3, -0.25) is 0 Å². The van der Waals surface area contributed by atoms with Crippen LogP contribution in [0.15, 0.2) is 42.5 Å². The van der Waals surface area contributed by atoms with Gasteiger partial charge in [-0.1, -0.05) is 35.3 Å². The number of anilines is 1. The highest BCUT2D eigenvalue weighted by molar-refractivity contribution is 6.35. The van der Waals surface area contributed by atoms with Crippen molar-refractivity contribution < 1.29 is 9.90 Å². The number of aromatic hydroxyl groups is 1. The van der Waals surface area contributed by atoms with E-state index >= 15 is 0 Å². The number of benzene rings is 2. The minimum atomic E-state index is -0.387. The normalized spacial score (nSPS) is 10.1. The molecule has 0 radical (unpaired) electrons. The van der Waals surface area contributed by atoms with Gasteiger partial charge in [0.05, 0.1) is 10.7 Å². The van der Waals surface area contributed by atoms with Crippen LogP contribution in [0.5, 0.6) is 5.75 Å². The number of carbonyl (C=O) groups is 1. The molecule has 0 aliphatic carbocycles. The SMILES string of the molecule is O=C(NCc1ccc(O)cc1)Nc1cc(Cl)ccc1Cl. The van der Waals surface area contributed by atoms with E-state index in [4.69, 9.17) is 28.3 Å². The summed E-state index contributed by atoms with van der Waals surface area (Å²) in [6, 6.07) is 11.0. The monoisotopic (exact) mass is 310 g/mol. The number of hydrogen-bond donors (Lipinski definition) is 3. The number of phenols is 1. The molecule has 20 heavy (non-hydrogen) atoms. The number of nitrogens with one attached hydrogen (secondary N) is 2. The quantitative estimate of drug-likeness (QED) is 0.801. The molecule has 2 aromatic rings. The van der Waals surface area contributed by atoms with Crippen molar-refractivity contribution in [2.45, 2.75) is 6.54 Å². The predicted octanol–water partition coefficient (Wildman–Crippen LogP) is 4.02. The van der Waals surface area contributed by atoms with E-state index in [1.54, 1.807) is 42.5 Å². The molecule has 2 aromatic carbocycles. The van der Waals surface area contributed by atoms with E-state index in [2.05, 4.69) is 10.6 Å². The average Bonchev–Trinajstić information content (AvgIpc) is 2.42. The van der Waals surface area contributed by atoms with E-state index in [-0.39, 0.29) is 11.8 Å². The molecule has 0 unspecified atom stereocenters. The zero-order chi connectivity index (χ0) is 14.5. The highest BCUT2D eigenvalue weighted by Crippen LogP contribution is 2.25. The van der Waals surface area contributed by atoms with Crippen LogP contribution in [0.2, 0.25) is 10.0 Å². The van der Waals surface area contributed by atoms with Crippen molar-refractivity contribution in [2.24, 2.45) is 0 Å². The van der Waals surface area contributed by atoms with Gasteiger partial charge in [0.1, 0.15) is 5.75 Å². The number of hydrogen-bond acceptors (Lipinski definition) is 2. The van der Waals surface area contributed by atoms with Crippen LogP contribution >= 0.6 is 23.2 Å². The van der Waals surface area contributed by atoms with Gasteiger partial charge in [0.15, 0.2) is 0 Å². The van der Waals surface area contributed by atoms with Crippen molar-refractivity contribution in [1.29, 1.82) is 0 Å². The van der Waals surface area contributed by atoms with Crippen LogP contribution in [0.3, 0.4) is 0 Å². The molecule has 0 fully saturated rings. The van der Waals surface area contributed by atoms with Gasteiger partial charge < -0.3 is 15.7 Å². The third-order valence-electron chi connectivity index (χ3n) is 2.57. The highest BCUT2D eigenvalue weighted by atomic mass is 35.5. The molecule has 4 nitrogen and oxygen atoms in total. The lowest BCUT2D eigenvalue weighted by molar-refractivity contribution is 0.251. The molecule has 0 saturated heterocycles. The van der Waals surface area contributed by atoms with Gasteiger partial charge in [0.25, 0.3) is 0 Å². The lowest BCUT2D eigenvalue weighted by Gasteiger charge is -2.09. The van der Waals surface area contributed by atoms with Crippen LogP contribution in [-0.2, 0) is 6.54 Å². The van der Waals surface area contributed by atoms with E-state index in [1.807, 2.05) is 0 Å². The Hall–Kier alpha value is -1.91. The zero-order valence-corrected chi connectivity index (χ0v) is 11.9. The van der Waals surface area contributed by atoms with Crippen molar-refractivity contribution in [3.05, 3.63) is 58.1 Å². The molecule has 104 valence electrons. The number of phenolic OH excluding ortho intramolecular Hbond substituents is 1. The summed E-state index contributed by atoms with van der Waals surface area (Å²) in [7, 11) is 0. The molecule has 0 atom stereocenters. The molecular weight excluding hydrogens is 299 g/mol. The minimum Gasteiger partial charge on any atom is -0.508 e. The number of amides is 2. The lowest BCUT2D eigenvalue weighted by atomic mass is 10.2. The third kappa shape index (κ3) is 4.05. The molecule has 2 rings (SSSR count). The Morgan fingerprint density at radius 2 is 1.80 bits per heavy atom. The number of rotatable bonds is 3. The van der Waals surface area contributed by atoms with Gasteiger partial charge in [-0.25, -0.2) is 4.79 Å². The molecular formula is C14H12Cl2N2O2. The van der Waals surface area contributed by atoms with Gasteiger partial charge in [0, 0.05) is 11.6 Å². The number of urea groups is 1. The number of halogens is 2. The second-order valence-electron chi connectivity index (χ2n) is 4.10. The largest absolute Gasteiger partial charge is 0.508 e. The van der Waals surface area contributed by atoms with Gasteiger partial charge >= 0.3 is 6.03 Å². The summed E-state index contributed by atoms with van der Waals surface area (Å²) in [6.45, 7) is 0.338. The first-order valence-corrected chi connectivity index (χ1v) is 6.58. The fraction of sp³-hybridized carbons (Fsp3) is 0.0714. The van der Waals surface area contributed by atoms with Crippen LogP contribution < -0.4 is 10.6 Å². The number of carbonyl (C=O) groups excluding carboxylic acids is 1. The smallest absolute Gasteiger partial charge is 0.319 e. The first-order chi connectivity index (χ1) is 9.54. The van der Waals surface area contributed by atoms with E-state index in [0.29, 0.717) is 22.3 Å². The fourth-order valence-electron chi connectivity index (χ4n) is 1.56. The van der Waals surface area contributed by atoms with Gasteiger partial charge in [-0.05, 0) is 35.9 Å². The van der Waals surface area contributed by atoms with Crippen LogP contribution in [0.1, 0.15) is 5.56 Å². The van der Waals surface area contributed by atoms with Gasteiger partial charge in [-0.2, -0.15) is 0 Å². The summed E-state index contributed by atoms with van der Waals surface area (Å²) >= 11 is 11.8. The maximum absolute atomic E-state index is 11.7. The first kappa shape index (κ1) is 14.5. The fourth-order valence-corrected chi connectivity index (χ4v) is 1.89. The second-order valence-corrected chi connectivity index (χ2v) is 4.94. The molecule has 0 aromatic heterocycles. The van der Waals surface area contributed by atoms with Gasteiger partial charge in [0.2, 0.25) is 0 Å². The summed E-state index contributed by atoms with van der Waals surface area (Å²) in [5.74, 6) is 0.184. The average molecular weight is 311 g/mol. The molecule has 0 heterocycles. The Balaban J connectivity index is 1.92. The molecule has 0 aliphatic rings. The molecule has 6 heteroatoms. The van der Waals surface area contributed by atoms with Crippen LogP contribution in [0.4, 0.5) is 10.5 Å². The minimum absolute atomic E-state index is 0.184. The summed E-state index contributed by atoms with van der Waals surface area (Å²) in [6.07, 6.45) is 0. The van der Waals surface area contributed by atoms with Gasteiger partial charge in [-0.15, -0.1) is 0 Å². The third-order valence-corrected chi connectivity index (χ3v) is 3.13. The van der Waals surface area contributed by atoms with Crippen molar-refractivity contribution in [3.63, 3.8) is 0 Å². The summed E-state index contributed by atoms with van der Waals surface area (Å²) in [5, 5.41) is 15.4. The Morgan fingerprint density at radius 1 is 1.10 bits per heavy atom. The van der Waals surface area contributed by atoms with Crippen LogP contribution in [-0.4, -0.2) is 11.1 Å². The molecule has 0 saturated carbocycles. The van der Waals surface area contributed by atoms with Crippen molar-refractivity contribution in [3.8, 4) is 5.75 Å². The maximum Gasteiger partial charge on any atom is 0.319 e. The maximum atomic E-state index is 11.7. The Morgan fingerprint density at radius 3 is 2.50 bits per heavy atom. The molecule has 0 spiro atoms. The van der Waals surface area contributed by atoms with Crippen molar-refractivity contribution >= 4 is 34.9 Å². The van der Waals surface area contributed by atoms with Crippen molar-refractivity contribution in [1.82, 2.24) is 5.32 Å².